The number of sulfonamides is 1. The number of rotatable bonds is 9. The van der Waals surface area contributed by atoms with Gasteiger partial charge in [0.2, 0.25) is 11.8 Å². The van der Waals surface area contributed by atoms with Gasteiger partial charge in [0.05, 0.1) is 12.7 Å². The Morgan fingerprint density at radius 3 is 2.33 bits per heavy atom. The molecule has 10 heteroatoms. The molecule has 3 amide bonds. The maximum atomic E-state index is 13.4. The van der Waals surface area contributed by atoms with Gasteiger partial charge in [-0.05, 0) is 43.2 Å². The van der Waals surface area contributed by atoms with Crippen LogP contribution in [0.15, 0.2) is 53.4 Å². The first-order valence-electron chi connectivity index (χ1n) is 10.6. The minimum absolute atomic E-state index is 0.0303. The minimum Gasteiger partial charge on any atom is -0.497 e. The average molecular weight is 474 g/mol. The molecule has 1 aliphatic heterocycles. The van der Waals surface area contributed by atoms with Crippen LogP contribution in [-0.4, -0.2) is 61.6 Å². The Morgan fingerprint density at radius 2 is 1.76 bits per heavy atom. The van der Waals surface area contributed by atoms with Crippen LogP contribution in [0.5, 0.6) is 5.75 Å². The quantitative estimate of drug-likeness (QED) is 0.594. The number of methoxy groups -OCH3 is 1. The van der Waals surface area contributed by atoms with Gasteiger partial charge >= 0.3 is 0 Å². The van der Waals surface area contributed by atoms with Gasteiger partial charge in [0.1, 0.15) is 23.2 Å². The van der Waals surface area contributed by atoms with E-state index < -0.39 is 34.4 Å². The van der Waals surface area contributed by atoms with Crippen LogP contribution in [0.25, 0.3) is 0 Å². The first kappa shape index (κ1) is 24.2. The monoisotopic (exact) mass is 473 g/mol. The molecule has 0 aromatic heterocycles. The van der Waals surface area contributed by atoms with Gasteiger partial charge < -0.3 is 15.0 Å². The van der Waals surface area contributed by atoms with Crippen LogP contribution in [0.2, 0.25) is 0 Å². The molecule has 0 unspecified atom stereocenters. The number of carbonyl (C=O) groups excluding carboxylic acids is 3. The number of ether oxygens (including phenoxy) is 1. The summed E-state index contributed by atoms with van der Waals surface area (Å²) in [5.74, 6) is -1.11. The smallest absolute Gasteiger partial charge is 0.269 e. The summed E-state index contributed by atoms with van der Waals surface area (Å²) in [6.45, 7) is 3.29. The van der Waals surface area contributed by atoms with Crippen LogP contribution in [0.3, 0.4) is 0 Å². The van der Waals surface area contributed by atoms with Crippen LogP contribution in [0, 0.1) is 0 Å². The molecule has 0 spiro atoms. The molecule has 0 aliphatic carbocycles. The topological polar surface area (TPSA) is 113 Å². The molecule has 1 N–H and O–H groups in total. The summed E-state index contributed by atoms with van der Waals surface area (Å²) in [5, 5.41) is 2.72. The lowest BCUT2D eigenvalue weighted by Gasteiger charge is -2.31. The molecule has 0 fully saturated rings. The Balaban J connectivity index is 1.91. The fourth-order valence-electron chi connectivity index (χ4n) is 3.74. The minimum atomic E-state index is -4.15. The van der Waals surface area contributed by atoms with E-state index in [4.69, 9.17) is 4.74 Å². The second-order valence-corrected chi connectivity index (χ2v) is 9.33. The maximum Gasteiger partial charge on any atom is 0.269 e. The van der Waals surface area contributed by atoms with E-state index >= 15 is 0 Å². The molecular formula is C23H27N3O6S. The standard InChI is InChI=1S/C23H27N3O6S/c1-4-19(22(28)24-5-2)25(14-16-10-12-17(32-3)13-11-16)21(27)15-26-23(29)18-8-6-7-9-20(18)33(26,30)31/h6-13,19H,4-5,14-15H2,1-3H3,(H,24,28)/t19-/m0/s1. The van der Waals surface area contributed by atoms with E-state index in [1.165, 1.54) is 23.1 Å². The largest absolute Gasteiger partial charge is 0.497 e. The Labute approximate surface area is 193 Å². The van der Waals surface area contributed by atoms with Gasteiger partial charge in [0, 0.05) is 13.1 Å². The number of likely N-dealkylation sites (N-methyl/N-ethyl adjacent to an activating group) is 1. The van der Waals surface area contributed by atoms with Crippen molar-refractivity contribution in [3.8, 4) is 5.75 Å². The SMILES string of the molecule is CCNC(=O)[C@H](CC)N(Cc1ccc(OC)cc1)C(=O)CN1C(=O)c2ccccc2S1(=O)=O. The normalized spacial score (nSPS) is 15.0. The Hall–Kier alpha value is -3.40. The van der Waals surface area contributed by atoms with Crippen molar-refractivity contribution in [1.29, 1.82) is 0 Å². The maximum absolute atomic E-state index is 13.4. The Kier molecular flexibility index (Phi) is 7.37. The van der Waals surface area contributed by atoms with Gasteiger partial charge in [-0.1, -0.05) is 31.2 Å². The molecule has 9 nitrogen and oxygen atoms in total. The van der Waals surface area contributed by atoms with E-state index in [0.717, 1.165) is 5.56 Å². The lowest BCUT2D eigenvalue weighted by Crippen LogP contribution is -2.52. The lowest BCUT2D eigenvalue weighted by atomic mass is 10.1. The highest BCUT2D eigenvalue weighted by molar-refractivity contribution is 7.90. The zero-order chi connectivity index (χ0) is 24.2. The summed E-state index contributed by atoms with van der Waals surface area (Å²) in [6.07, 6.45) is 0.314. The Bertz CT molecular complexity index is 1150. The van der Waals surface area contributed by atoms with Crippen molar-refractivity contribution in [2.75, 3.05) is 20.2 Å². The predicted octanol–water partition coefficient (Wildman–Crippen LogP) is 1.78. The molecule has 1 aliphatic rings. The van der Waals surface area contributed by atoms with Crippen molar-refractivity contribution in [2.45, 2.75) is 37.8 Å². The number of amides is 3. The molecule has 1 atom stereocenters. The average Bonchev–Trinajstić information content (AvgIpc) is 3.00. The van der Waals surface area contributed by atoms with Gasteiger partial charge in [-0.3, -0.25) is 14.4 Å². The Morgan fingerprint density at radius 1 is 1.09 bits per heavy atom. The van der Waals surface area contributed by atoms with E-state index in [0.29, 0.717) is 23.0 Å². The third-order valence-corrected chi connectivity index (χ3v) is 7.23. The molecule has 33 heavy (non-hydrogen) atoms. The number of hydrogen-bond acceptors (Lipinski definition) is 6. The number of nitrogens with zero attached hydrogens (tertiary/aromatic N) is 2. The first-order chi connectivity index (χ1) is 15.7. The molecule has 176 valence electrons. The molecule has 3 rings (SSSR count). The van der Waals surface area contributed by atoms with Crippen molar-refractivity contribution >= 4 is 27.7 Å². The van der Waals surface area contributed by atoms with E-state index in [9.17, 15) is 22.8 Å². The van der Waals surface area contributed by atoms with Crippen molar-refractivity contribution in [3.63, 3.8) is 0 Å². The summed E-state index contributed by atoms with van der Waals surface area (Å²) in [4.78, 5) is 40.0. The summed E-state index contributed by atoms with van der Waals surface area (Å²) in [7, 11) is -2.61. The fraction of sp³-hybridized carbons (Fsp3) is 0.348. The molecule has 2 aromatic rings. The van der Waals surface area contributed by atoms with Crippen LogP contribution in [0.4, 0.5) is 0 Å². The highest BCUT2D eigenvalue weighted by Gasteiger charge is 2.43. The zero-order valence-corrected chi connectivity index (χ0v) is 19.6. The second kappa shape index (κ2) is 10.0. The van der Waals surface area contributed by atoms with Crippen LogP contribution >= 0.6 is 0 Å². The molecule has 1 heterocycles. The number of fused-ring (bicyclic) bond motifs is 1. The number of carbonyl (C=O) groups is 3. The second-order valence-electron chi connectivity index (χ2n) is 7.50. The summed E-state index contributed by atoms with van der Waals surface area (Å²) >= 11 is 0. The first-order valence-corrected chi connectivity index (χ1v) is 12.0. The predicted molar refractivity (Wildman–Crippen MR) is 121 cm³/mol. The van der Waals surface area contributed by atoms with Gasteiger partial charge in [-0.15, -0.1) is 0 Å². The molecule has 0 bridgehead atoms. The summed E-state index contributed by atoms with van der Waals surface area (Å²) < 4.78 is 31.5. The number of benzene rings is 2. The zero-order valence-electron chi connectivity index (χ0n) is 18.8. The van der Waals surface area contributed by atoms with Crippen molar-refractivity contribution in [2.24, 2.45) is 0 Å². The highest BCUT2D eigenvalue weighted by atomic mass is 32.2. The van der Waals surface area contributed by atoms with Crippen LogP contribution in [0.1, 0.15) is 36.2 Å². The number of nitrogens with one attached hydrogen (secondary N) is 1. The third-order valence-electron chi connectivity index (χ3n) is 5.44. The van der Waals surface area contributed by atoms with Gasteiger partial charge in [0.15, 0.2) is 0 Å². The van der Waals surface area contributed by atoms with Crippen molar-refractivity contribution in [3.05, 3.63) is 59.7 Å². The van der Waals surface area contributed by atoms with E-state index in [1.54, 1.807) is 51.3 Å². The van der Waals surface area contributed by atoms with Crippen LogP contribution < -0.4 is 10.1 Å². The van der Waals surface area contributed by atoms with E-state index in [-0.39, 0.29) is 22.9 Å². The van der Waals surface area contributed by atoms with Crippen LogP contribution in [-0.2, 0) is 26.2 Å². The van der Waals surface area contributed by atoms with Crippen molar-refractivity contribution in [1.82, 2.24) is 14.5 Å². The summed E-state index contributed by atoms with van der Waals surface area (Å²) in [5.41, 5.74) is 0.758. The highest BCUT2D eigenvalue weighted by Crippen LogP contribution is 2.30. The van der Waals surface area contributed by atoms with Gasteiger partial charge in [-0.25, -0.2) is 12.7 Å². The van der Waals surface area contributed by atoms with Crippen molar-refractivity contribution < 1.29 is 27.5 Å². The molecule has 2 aromatic carbocycles. The van der Waals surface area contributed by atoms with Gasteiger partial charge in [0.25, 0.3) is 15.9 Å². The van der Waals surface area contributed by atoms with E-state index in [2.05, 4.69) is 5.32 Å². The fourth-order valence-corrected chi connectivity index (χ4v) is 5.26. The molecule has 0 radical (unpaired) electrons. The molecule has 0 saturated heterocycles. The van der Waals surface area contributed by atoms with Gasteiger partial charge in [-0.2, -0.15) is 0 Å². The third kappa shape index (κ3) is 4.85. The summed E-state index contributed by atoms with van der Waals surface area (Å²) in [6, 6.07) is 12.0. The molecule has 0 saturated carbocycles. The van der Waals surface area contributed by atoms with E-state index in [1.807, 2.05) is 0 Å². The molecular weight excluding hydrogens is 446 g/mol. The number of hydrogen-bond donors (Lipinski definition) is 1. The lowest BCUT2D eigenvalue weighted by molar-refractivity contribution is -0.141.